The van der Waals surface area contributed by atoms with Gasteiger partial charge >= 0.3 is 0 Å². The molecular weight excluding hydrogens is 288 g/mol. The molecule has 0 bridgehead atoms. The molecule has 0 aromatic heterocycles. The van der Waals surface area contributed by atoms with Gasteiger partial charge < -0.3 is 10.4 Å². The van der Waals surface area contributed by atoms with Gasteiger partial charge in [-0.25, -0.2) is 8.78 Å². The number of benzene rings is 1. The standard InChI is InChI=1S/C12H15F2N3O4/c13-11(14)7-16(5-6-18)8-12(19)15-9-3-1-2-4-10(9)17(20)21/h1-4,11,18H,5-8H2,(H,15,19). The minimum atomic E-state index is -2.64. The van der Waals surface area contributed by atoms with Gasteiger partial charge in [0.1, 0.15) is 5.69 Å². The molecule has 21 heavy (non-hydrogen) atoms. The number of para-hydroxylation sites is 2. The van der Waals surface area contributed by atoms with E-state index in [4.69, 9.17) is 5.11 Å². The first-order chi connectivity index (χ1) is 9.93. The highest BCUT2D eigenvalue weighted by molar-refractivity contribution is 5.94. The molecular formula is C12H15F2N3O4. The topological polar surface area (TPSA) is 95.7 Å². The van der Waals surface area contributed by atoms with E-state index in [0.717, 1.165) is 4.90 Å². The van der Waals surface area contributed by atoms with Gasteiger partial charge in [-0.05, 0) is 6.07 Å². The molecule has 0 aliphatic rings. The van der Waals surface area contributed by atoms with Crippen molar-refractivity contribution in [2.75, 3.05) is 31.6 Å². The van der Waals surface area contributed by atoms with Gasteiger partial charge in [0.2, 0.25) is 5.91 Å². The highest BCUT2D eigenvalue weighted by Gasteiger charge is 2.18. The first kappa shape index (κ1) is 16.9. The fourth-order valence-corrected chi connectivity index (χ4v) is 1.70. The van der Waals surface area contributed by atoms with Crippen LogP contribution in [0.5, 0.6) is 0 Å². The maximum atomic E-state index is 12.3. The summed E-state index contributed by atoms with van der Waals surface area (Å²) in [5, 5.41) is 21.9. The summed E-state index contributed by atoms with van der Waals surface area (Å²) >= 11 is 0. The van der Waals surface area contributed by atoms with E-state index in [1.807, 2.05) is 0 Å². The number of carbonyl (C=O) groups is 1. The van der Waals surface area contributed by atoms with Gasteiger partial charge in [-0.15, -0.1) is 0 Å². The van der Waals surface area contributed by atoms with Gasteiger partial charge in [0.25, 0.3) is 12.1 Å². The Morgan fingerprint density at radius 1 is 1.43 bits per heavy atom. The first-order valence-corrected chi connectivity index (χ1v) is 6.08. The predicted octanol–water partition coefficient (Wildman–Crippen LogP) is 1.09. The number of nitrogens with one attached hydrogen (secondary N) is 1. The Hall–Kier alpha value is -2.13. The third-order valence-electron chi connectivity index (χ3n) is 2.55. The molecule has 116 valence electrons. The Kier molecular flexibility index (Phi) is 6.63. The number of nitrogens with zero attached hydrogens (tertiary/aromatic N) is 2. The lowest BCUT2D eigenvalue weighted by Gasteiger charge is -2.19. The van der Waals surface area contributed by atoms with E-state index in [-0.39, 0.29) is 24.5 Å². The number of hydrogen-bond acceptors (Lipinski definition) is 5. The number of hydrogen-bond donors (Lipinski definition) is 2. The summed E-state index contributed by atoms with van der Waals surface area (Å²) in [6.45, 7) is -1.51. The summed E-state index contributed by atoms with van der Waals surface area (Å²) in [6.07, 6.45) is -2.64. The quantitative estimate of drug-likeness (QED) is 0.553. The van der Waals surface area contributed by atoms with Crippen LogP contribution in [0.3, 0.4) is 0 Å². The van der Waals surface area contributed by atoms with Gasteiger partial charge in [-0.1, -0.05) is 12.1 Å². The van der Waals surface area contributed by atoms with Gasteiger partial charge in [-0.3, -0.25) is 19.8 Å². The van der Waals surface area contributed by atoms with Crippen LogP contribution in [0, 0.1) is 10.1 Å². The molecule has 1 aromatic rings. The maximum Gasteiger partial charge on any atom is 0.292 e. The molecule has 1 amide bonds. The molecule has 9 heteroatoms. The molecule has 0 aliphatic carbocycles. The van der Waals surface area contributed by atoms with Crippen molar-refractivity contribution in [1.82, 2.24) is 4.90 Å². The Balaban J connectivity index is 2.70. The Morgan fingerprint density at radius 2 is 2.10 bits per heavy atom. The van der Waals surface area contributed by atoms with Gasteiger partial charge in [0.05, 0.1) is 24.6 Å². The van der Waals surface area contributed by atoms with Gasteiger partial charge in [-0.2, -0.15) is 0 Å². The Morgan fingerprint density at radius 3 is 2.67 bits per heavy atom. The maximum absolute atomic E-state index is 12.3. The predicted molar refractivity (Wildman–Crippen MR) is 71.3 cm³/mol. The van der Waals surface area contributed by atoms with Crippen molar-refractivity contribution >= 4 is 17.3 Å². The Labute approximate surface area is 119 Å². The number of nitro groups is 1. The molecule has 0 fully saturated rings. The Bertz CT molecular complexity index is 499. The second-order valence-corrected chi connectivity index (χ2v) is 4.17. The molecule has 2 N–H and O–H groups in total. The average molecular weight is 303 g/mol. The number of aliphatic hydroxyl groups is 1. The highest BCUT2D eigenvalue weighted by Crippen LogP contribution is 2.22. The van der Waals surface area contributed by atoms with E-state index >= 15 is 0 Å². The molecule has 0 spiro atoms. The lowest BCUT2D eigenvalue weighted by atomic mass is 10.2. The summed E-state index contributed by atoms with van der Waals surface area (Å²) in [5.41, 5.74) is -0.290. The summed E-state index contributed by atoms with van der Waals surface area (Å²) in [4.78, 5) is 22.9. The number of nitro benzene ring substituents is 1. The SMILES string of the molecule is O=C(CN(CCO)CC(F)F)Nc1ccccc1[N+](=O)[O-]. The van der Waals surface area contributed by atoms with Crippen LogP contribution < -0.4 is 5.32 Å². The number of amides is 1. The molecule has 7 nitrogen and oxygen atoms in total. The number of rotatable bonds is 8. The third kappa shape index (κ3) is 5.79. The molecule has 0 heterocycles. The number of aliphatic hydroxyl groups excluding tert-OH is 1. The summed E-state index contributed by atoms with van der Waals surface area (Å²) in [7, 11) is 0. The van der Waals surface area contributed by atoms with Crippen LogP contribution in [-0.4, -0.2) is 53.5 Å². The zero-order valence-electron chi connectivity index (χ0n) is 11.0. The average Bonchev–Trinajstić information content (AvgIpc) is 2.38. The number of alkyl halides is 2. The molecule has 0 aliphatic heterocycles. The van der Waals surface area contributed by atoms with E-state index in [1.165, 1.54) is 24.3 Å². The number of anilines is 1. The van der Waals surface area contributed by atoms with Gasteiger partial charge in [0.15, 0.2) is 0 Å². The van der Waals surface area contributed by atoms with Crippen LogP contribution in [0.2, 0.25) is 0 Å². The molecule has 0 saturated heterocycles. The van der Waals surface area contributed by atoms with Crippen LogP contribution >= 0.6 is 0 Å². The molecule has 1 aromatic carbocycles. The minimum Gasteiger partial charge on any atom is -0.395 e. The van der Waals surface area contributed by atoms with Crippen molar-refractivity contribution in [2.24, 2.45) is 0 Å². The van der Waals surface area contributed by atoms with E-state index in [9.17, 15) is 23.7 Å². The van der Waals surface area contributed by atoms with Crippen molar-refractivity contribution in [3.05, 3.63) is 34.4 Å². The van der Waals surface area contributed by atoms with Crippen molar-refractivity contribution in [3.8, 4) is 0 Å². The minimum absolute atomic E-state index is 0.00602. The van der Waals surface area contributed by atoms with Crippen LogP contribution in [0.4, 0.5) is 20.2 Å². The summed E-state index contributed by atoms with van der Waals surface area (Å²) in [5.74, 6) is -0.668. The van der Waals surface area contributed by atoms with Crippen molar-refractivity contribution in [3.63, 3.8) is 0 Å². The van der Waals surface area contributed by atoms with Gasteiger partial charge in [0, 0.05) is 12.6 Å². The monoisotopic (exact) mass is 303 g/mol. The van der Waals surface area contributed by atoms with Crippen LogP contribution in [-0.2, 0) is 4.79 Å². The summed E-state index contributed by atoms with van der Waals surface area (Å²) < 4.78 is 24.6. The van der Waals surface area contributed by atoms with Crippen LogP contribution in [0.1, 0.15) is 0 Å². The first-order valence-electron chi connectivity index (χ1n) is 6.08. The number of halogens is 2. The van der Waals surface area contributed by atoms with E-state index in [0.29, 0.717) is 0 Å². The van der Waals surface area contributed by atoms with Crippen molar-refractivity contribution < 1.29 is 23.6 Å². The summed E-state index contributed by atoms with van der Waals surface area (Å²) in [6, 6.07) is 5.52. The second kappa shape index (κ2) is 8.22. The molecule has 0 radical (unpaired) electrons. The van der Waals surface area contributed by atoms with E-state index in [1.54, 1.807) is 0 Å². The largest absolute Gasteiger partial charge is 0.395 e. The normalized spacial score (nSPS) is 10.9. The third-order valence-corrected chi connectivity index (χ3v) is 2.55. The van der Waals surface area contributed by atoms with Crippen LogP contribution in [0.25, 0.3) is 0 Å². The molecule has 1 rings (SSSR count). The fraction of sp³-hybridized carbons (Fsp3) is 0.417. The zero-order chi connectivity index (χ0) is 15.8. The zero-order valence-corrected chi connectivity index (χ0v) is 11.0. The lowest BCUT2D eigenvalue weighted by Crippen LogP contribution is -2.38. The number of carbonyl (C=O) groups excluding carboxylic acids is 1. The highest BCUT2D eigenvalue weighted by atomic mass is 19.3. The van der Waals surface area contributed by atoms with E-state index < -0.39 is 30.3 Å². The van der Waals surface area contributed by atoms with Crippen molar-refractivity contribution in [1.29, 1.82) is 0 Å². The second-order valence-electron chi connectivity index (χ2n) is 4.17. The lowest BCUT2D eigenvalue weighted by molar-refractivity contribution is -0.383. The fourth-order valence-electron chi connectivity index (χ4n) is 1.70. The molecule has 0 atom stereocenters. The van der Waals surface area contributed by atoms with E-state index in [2.05, 4.69) is 5.32 Å². The molecule has 0 saturated carbocycles. The smallest absolute Gasteiger partial charge is 0.292 e. The molecule has 0 unspecified atom stereocenters. The van der Waals surface area contributed by atoms with Crippen LogP contribution in [0.15, 0.2) is 24.3 Å². The van der Waals surface area contributed by atoms with Crippen molar-refractivity contribution in [2.45, 2.75) is 6.43 Å².